The van der Waals surface area contributed by atoms with Crippen LogP contribution >= 0.6 is 0 Å². The number of hydrogen-bond donors (Lipinski definition) is 1. The van der Waals surface area contributed by atoms with Gasteiger partial charge in [-0.25, -0.2) is 0 Å². The minimum absolute atomic E-state index is 0.204. The second-order valence-electron chi connectivity index (χ2n) is 5.79. The summed E-state index contributed by atoms with van der Waals surface area (Å²) in [4.78, 5) is 14.5. The molecule has 0 unspecified atom stereocenters. The maximum Gasteiger partial charge on any atom is 0.230 e. The van der Waals surface area contributed by atoms with Crippen LogP contribution in [0.15, 0.2) is 0 Å². The molecule has 16 heavy (non-hydrogen) atoms. The van der Waals surface area contributed by atoms with Crippen LogP contribution in [0.3, 0.4) is 0 Å². The first-order valence-electron chi connectivity index (χ1n) is 6.60. The Morgan fingerprint density at radius 1 is 1.44 bits per heavy atom. The lowest BCUT2D eigenvalue weighted by atomic mass is 9.62. The van der Waals surface area contributed by atoms with Crippen molar-refractivity contribution < 1.29 is 4.79 Å². The molecule has 0 aromatic carbocycles. The highest BCUT2D eigenvalue weighted by Crippen LogP contribution is 2.46. The summed E-state index contributed by atoms with van der Waals surface area (Å²) in [6.45, 7) is 6.61. The van der Waals surface area contributed by atoms with Gasteiger partial charge in [-0.2, -0.15) is 0 Å². The first-order valence-corrected chi connectivity index (χ1v) is 6.60. The minimum atomic E-state index is -0.204. The molecule has 2 fully saturated rings. The van der Waals surface area contributed by atoms with Crippen LogP contribution in [0, 0.1) is 17.3 Å². The summed E-state index contributed by atoms with van der Waals surface area (Å²) in [6, 6.07) is 0. The summed E-state index contributed by atoms with van der Waals surface area (Å²) >= 11 is 0. The van der Waals surface area contributed by atoms with Gasteiger partial charge < -0.3 is 10.6 Å². The Kier molecular flexibility index (Phi) is 3.24. The van der Waals surface area contributed by atoms with E-state index in [1.165, 1.54) is 12.8 Å². The number of hydrogen-bond acceptors (Lipinski definition) is 2. The summed E-state index contributed by atoms with van der Waals surface area (Å²) in [7, 11) is 0. The van der Waals surface area contributed by atoms with Crippen LogP contribution in [0.4, 0.5) is 0 Å². The maximum absolute atomic E-state index is 12.5. The summed E-state index contributed by atoms with van der Waals surface area (Å²) in [5.74, 6) is 1.77. The predicted molar refractivity (Wildman–Crippen MR) is 64.9 cm³/mol. The van der Waals surface area contributed by atoms with Gasteiger partial charge in [-0.05, 0) is 44.4 Å². The van der Waals surface area contributed by atoms with Gasteiger partial charge in [0.15, 0.2) is 0 Å². The molecule has 2 aliphatic rings. The Balaban J connectivity index is 1.97. The molecule has 0 aliphatic heterocycles. The zero-order chi connectivity index (χ0) is 11.8. The van der Waals surface area contributed by atoms with Gasteiger partial charge in [0.1, 0.15) is 0 Å². The number of amides is 1. The summed E-state index contributed by atoms with van der Waals surface area (Å²) < 4.78 is 0. The molecule has 0 atom stereocenters. The minimum Gasteiger partial charge on any atom is -0.342 e. The van der Waals surface area contributed by atoms with E-state index in [-0.39, 0.29) is 5.41 Å². The molecule has 0 bridgehead atoms. The standard InChI is InChI=1S/C13H24N2O/c1-3-15(8-11-4-5-11)12(16)13(9-14)6-10(2)7-13/h10-11H,3-9,14H2,1-2H3. The molecule has 0 heterocycles. The van der Waals surface area contributed by atoms with Gasteiger partial charge in [-0.1, -0.05) is 6.92 Å². The van der Waals surface area contributed by atoms with Crippen LogP contribution in [0.2, 0.25) is 0 Å². The highest BCUT2D eigenvalue weighted by molar-refractivity contribution is 5.84. The summed E-state index contributed by atoms with van der Waals surface area (Å²) in [5.41, 5.74) is 5.62. The lowest BCUT2D eigenvalue weighted by molar-refractivity contribution is -0.149. The largest absolute Gasteiger partial charge is 0.342 e. The van der Waals surface area contributed by atoms with E-state index < -0.39 is 0 Å². The Bertz CT molecular complexity index is 267. The van der Waals surface area contributed by atoms with Gasteiger partial charge in [0.2, 0.25) is 5.91 Å². The quantitative estimate of drug-likeness (QED) is 0.771. The van der Waals surface area contributed by atoms with Gasteiger partial charge in [0, 0.05) is 19.6 Å². The third-order valence-corrected chi connectivity index (χ3v) is 4.17. The van der Waals surface area contributed by atoms with Crippen molar-refractivity contribution in [2.24, 2.45) is 23.0 Å². The molecule has 0 aromatic heterocycles. The Morgan fingerprint density at radius 3 is 2.44 bits per heavy atom. The average Bonchev–Trinajstić information content (AvgIpc) is 3.04. The van der Waals surface area contributed by atoms with Crippen molar-refractivity contribution in [1.29, 1.82) is 0 Å². The van der Waals surface area contributed by atoms with Crippen LogP contribution in [-0.4, -0.2) is 30.4 Å². The fourth-order valence-electron chi connectivity index (χ4n) is 3.01. The molecule has 2 saturated carbocycles. The van der Waals surface area contributed by atoms with Gasteiger partial charge >= 0.3 is 0 Å². The highest BCUT2D eigenvalue weighted by atomic mass is 16.2. The second kappa shape index (κ2) is 4.36. The molecule has 2 aliphatic carbocycles. The zero-order valence-corrected chi connectivity index (χ0v) is 10.5. The van der Waals surface area contributed by atoms with Crippen LogP contribution in [0.5, 0.6) is 0 Å². The van der Waals surface area contributed by atoms with E-state index in [4.69, 9.17) is 5.73 Å². The fourth-order valence-corrected chi connectivity index (χ4v) is 3.01. The molecular formula is C13H24N2O. The normalized spacial score (nSPS) is 33.3. The van der Waals surface area contributed by atoms with Gasteiger partial charge in [-0.15, -0.1) is 0 Å². The van der Waals surface area contributed by atoms with Crippen molar-refractivity contribution in [1.82, 2.24) is 4.90 Å². The van der Waals surface area contributed by atoms with Crippen molar-refractivity contribution in [3.63, 3.8) is 0 Å². The number of carbonyl (C=O) groups is 1. The molecule has 0 radical (unpaired) electrons. The van der Waals surface area contributed by atoms with Crippen LogP contribution in [-0.2, 0) is 4.79 Å². The smallest absolute Gasteiger partial charge is 0.230 e. The molecule has 2 N–H and O–H groups in total. The third kappa shape index (κ3) is 2.10. The SMILES string of the molecule is CCN(CC1CC1)C(=O)C1(CN)CC(C)C1. The van der Waals surface area contributed by atoms with Crippen molar-refractivity contribution in [3.05, 3.63) is 0 Å². The van der Waals surface area contributed by atoms with E-state index >= 15 is 0 Å². The summed E-state index contributed by atoms with van der Waals surface area (Å²) in [5, 5.41) is 0. The molecule has 0 aromatic rings. The molecule has 0 saturated heterocycles. The Morgan fingerprint density at radius 2 is 2.06 bits per heavy atom. The van der Waals surface area contributed by atoms with Crippen molar-refractivity contribution >= 4 is 5.91 Å². The topological polar surface area (TPSA) is 46.3 Å². The third-order valence-electron chi connectivity index (χ3n) is 4.17. The Labute approximate surface area is 98.4 Å². The van der Waals surface area contributed by atoms with Crippen LogP contribution in [0.1, 0.15) is 39.5 Å². The summed E-state index contributed by atoms with van der Waals surface area (Å²) in [6.07, 6.45) is 4.58. The Hall–Kier alpha value is -0.570. The zero-order valence-electron chi connectivity index (χ0n) is 10.5. The second-order valence-corrected chi connectivity index (χ2v) is 5.79. The van der Waals surface area contributed by atoms with E-state index in [9.17, 15) is 4.79 Å². The molecule has 92 valence electrons. The lowest BCUT2D eigenvalue weighted by Crippen LogP contribution is -2.55. The van der Waals surface area contributed by atoms with Crippen molar-refractivity contribution in [2.75, 3.05) is 19.6 Å². The molecule has 3 heteroatoms. The van der Waals surface area contributed by atoms with Crippen LogP contribution in [0.25, 0.3) is 0 Å². The first kappa shape index (κ1) is 11.9. The van der Waals surface area contributed by atoms with E-state index in [0.717, 1.165) is 31.8 Å². The number of nitrogens with two attached hydrogens (primary N) is 1. The monoisotopic (exact) mass is 224 g/mol. The predicted octanol–water partition coefficient (Wildman–Crippen LogP) is 1.62. The maximum atomic E-state index is 12.5. The fraction of sp³-hybridized carbons (Fsp3) is 0.923. The van der Waals surface area contributed by atoms with E-state index in [0.29, 0.717) is 18.4 Å². The number of rotatable bonds is 5. The van der Waals surface area contributed by atoms with Crippen molar-refractivity contribution in [2.45, 2.75) is 39.5 Å². The highest BCUT2D eigenvalue weighted by Gasteiger charge is 2.49. The number of carbonyl (C=O) groups excluding carboxylic acids is 1. The van der Waals surface area contributed by atoms with Crippen molar-refractivity contribution in [3.8, 4) is 0 Å². The van der Waals surface area contributed by atoms with Gasteiger partial charge in [-0.3, -0.25) is 4.79 Å². The molecule has 3 nitrogen and oxygen atoms in total. The number of nitrogens with zero attached hydrogens (tertiary/aromatic N) is 1. The van der Waals surface area contributed by atoms with Gasteiger partial charge in [0.25, 0.3) is 0 Å². The molecule has 0 spiro atoms. The average molecular weight is 224 g/mol. The lowest BCUT2D eigenvalue weighted by Gasteiger charge is -2.46. The van der Waals surface area contributed by atoms with Gasteiger partial charge in [0.05, 0.1) is 5.41 Å². The van der Waals surface area contributed by atoms with Crippen LogP contribution < -0.4 is 5.73 Å². The van der Waals surface area contributed by atoms with E-state index in [1.807, 2.05) is 4.90 Å². The van der Waals surface area contributed by atoms with E-state index in [1.54, 1.807) is 0 Å². The first-order chi connectivity index (χ1) is 7.61. The molecule has 2 rings (SSSR count). The van der Waals surface area contributed by atoms with E-state index in [2.05, 4.69) is 13.8 Å². The molecular weight excluding hydrogens is 200 g/mol. The molecule has 1 amide bonds.